The van der Waals surface area contributed by atoms with E-state index in [4.69, 9.17) is 39.9 Å². The van der Waals surface area contributed by atoms with Crippen molar-refractivity contribution in [1.82, 2.24) is 29.9 Å². The second-order valence-electron chi connectivity index (χ2n) is 21.7. The first-order valence-electron chi connectivity index (χ1n) is 29.5. The van der Waals surface area contributed by atoms with E-state index < -0.39 is 0 Å². The molecule has 6 aromatic carbocycles. The Morgan fingerprint density at radius 3 is 1.12 bits per heavy atom. The van der Waals surface area contributed by atoms with Crippen molar-refractivity contribution in [3.05, 3.63) is 255 Å². The predicted octanol–water partition coefficient (Wildman–Crippen LogP) is 17.5. The molecule has 9 aromatic rings. The topological polar surface area (TPSA) is 181 Å². The van der Waals surface area contributed by atoms with Crippen molar-refractivity contribution in [2.45, 2.75) is 108 Å². The van der Waals surface area contributed by atoms with Crippen molar-refractivity contribution in [3.63, 3.8) is 0 Å². The van der Waals surface area contributed by atoms with Crippen LogP contribution in [0.5, 0.6) is 0 Å². The summed E-state index contributed by atoms with van der Waals surface area (Å²) in [5.41, 5.74) is 9.03. The summed E-state index contributed by atoms with van der Waals surface area (Å²) in [5.74, 6) is 5.83. The number of hydrogen-bond donors (Lipinski definition) is 2. The molecule has 3 aromatic heterocycles. The van der Waals surface area contributed by atoms with Gasteiger partial charge in [0.25, 0.3) is 0 Å². The number of ether oxygens (including phenoxy) is 1. The number of ketones is 2. The smallest absolute Gasteiger partial charge is 0.512 e. The third-order valence-corrected chi connectivity index (χ3v) is 13.5. The predicted molar refractivity (Wildman–Crippen MR) is 362 cm³/mol. The standard InChI is InChI=1S/C22H24N4O.2C20H18N4.2C5H8O2.CH4.2Pt/c1-4-27-22-25(17-11-7-5-8-12-17)20-21(24-19(15-23-20)16(2)3)26(22)18-13-9-6-10-14-18;2*1-15(2)18-13-21-19-20(22-18)24(17-11-7-4-8-12-17)14-23(19)16-9-5-3-6-10-16;2*1-4(6)3-5(2)7;;;/h5-16,22H,4H2,1-3H3;3-9,11-15H,1-2H3;3-11,13-15H,1-2H3;2*3,6H,1-2H3;1H4;;/q;2*-2;;;;2*+2. The Morgan fingerprint density at radius 2 is 0.783 bits per heavy atom. The molecule has 482 valence electrons. The van der Waals surface area contributed by atoms with Crippen LogP contribution < -0.4 is 29.4 Å². The van der Waals surface area contributed by atoms with Crippen molar-refractivity contribution in [2.24, 2.45) is 0 Å². The second-order valence-corrected chi connectivity index (χ2v) is 21.7. The van der Waals surface area contributed by atoms with Crippen LogP contribution in [0.15, 0.2) is 212 Å². The maximum atomic E-state index is 10.0. The molecular weight excluding hydrogens is 1520 g/mol. The van der Waals surface area contributed by atoms with Crippen LogP contribution in [0.4, 0.5) is 69.0 Å². The van der Waals surface area contributed by atoms with E-state index in [1.54, 1.807) is 0 Å². The molecule has 0 fully saturated rings. The molecule has 0 aliphatic carbocycles. The van der Waals surface area contributed by atoms with Crippen molar-refractivity contribution >= 4 is 80.6 Å². The fraction of sp³-hybridized carbons (Fsp3) is 0.233. The minimum atomic E-state index is -0.336. The fourth-order valence-corrected chi connectivity index (χ4v) is 9.30. The van der Waals surface area contributed by atoms with E-state index in [1.807, 2.05) is 170 Å². The van der Waals surface area contributed by atoms with Gasteiger partial charge in [-0.05, 0) is 101 Å². The summed E-state index contributed by atoms with van der Waals surface area (Å²) in [6, 6.07) is 63.2. The van der Waals surface area contributed by atoms with Gasteiger partial charge in [0.1, 0.15) is 23.3 Å². The summed E-state index contributed by atoms with van der Waals surface area (Å²) in [6.07, 6.45) is 7.60. The number of anilines is 12. The van der Waals surface area contributed by atoms with Gasteiger partial charge in [0.2, 0.25) is 6.35 Å². The van der Waals surface area contributed by atoms with E-state index in [2.05, 4.69) is 127 Å². The number of carbonyl (C=O) groups is 2. The molecule has 1 atom stereocenters. The second kappa shape index (κ2) is 35.6. The number of fused-ring (bicyclic) bond motifs is 3. The monoisotopic (exact) mass is 1590 g/mol. The van der Waals surface area contributed by atoms with Gasteiger partial charge in [-0.25, -0.2) is 29.9 Å². The number of rotatable bonds is 13. The average molecular weight is 1600 g/mol. The van der Waals surface area contributed by atoms with Crippen LogP contribution in [0.3, 0.4) is 0 Å². The molecule has 2 N–H and O–H groups in total. The van der Waals surface area contributed by atoms with E-state index in [-0.39, 0.29) is 79.0 Å². The Balaban J connectivity index is 0.000000223. The largest absolute Gasteiger partial charge is 2.00 e. The Hall–Kier alpha value is -8.88. The minimum Gasteiger partial charge on any atom is -0.512 e. The van der Waals surface area contributed by atoms with Crippen LogP contribution in [0.25, 0.3) is 0 Å². The van der Waals surface area contributed by atoms with Gasteiger partial charge in [-0.3, -0.25) is 19.4 Å². The fourth-order valence-electron chi connectivity index (χ4n) is 9.30. The van der Waals surface area contributed by atoms with Gasteiger partial charge < -0.3 is 34.5 Å². The summed E-state index contributed by atoms with van der Waals surface area (Å²) in [5, 5.41) is 16.7. The number of carbonyl (C=O) groups excluding carboxylic acids is 2. The number of allylic oxidation sites excluding steroid dienone is 4. The summed E-state index contributed by atoms with van der Waals surface area (Å²) in [6.45, 7) is 25.1. The molecule has 12 rings (SSSR count). The zero-order valence-corrected chi connectivity index (χ0v) is 57.4. The summed E-state index contributed by atoms with van der Waals surface area (Å²) < 4.78 is 6.19. The van der Waals surface area contributed by atoms with E-state index >= 15 is 0 Å². The quantitative estimate of drug-likeness (QED) is 0.0631. The summed E-state index contributed by atoms with van der Waals surface area (Å²) in [4.78, 5) is 61.3. The van der Waals surface area contributed by atoms with Gasteiger partial charge in [-0.2, -0.15) is 60.7 Å². The minimum absolute atomic E-state index is 0. The molecular formula is C73H80N12O5Pt2. The summed E-state index contributed by atoms with van der Waals surface area (Å²) in [7, 11) is 0. The van der Waals surface area contributed by atoms with Crippen LogP contribution in [0.1, 0.15) is 118 Å². The summed E-state index contributed by atoms with van der Waals surface area (Å²) >= 11 is 0. The third kappa shape index (κ3) is 19.1. The Labute approximate surface area is 571 Å². The van der Waals surface area contributed by atoms with Gasteiger partial charge in [-0.1, -0.05) is 122 Å². The SMILES string of the molecule is C.CC(=O)C=C(C)O.CC(=O)C=C(C)O.CC(C)c1cnc2c(n1)N(c1[c-]cccc1)[CH-]N2c1ccccc1.CC(C)c1cnc2c(n1)N(c1ccccc1)[CH-]N2c1[c-]cccc1.CCOC1N(c2ccccc2)c2ncc(C(C)C)nc2N1c1ccccc1.[Pt+2].[Pt+2]. The van der Waals surface area contributed by atoms with E-state index in [9.17, 15) is 9.59 Å². The average Bonchev–Trinajstić information content (AvgIpc) is 1.67. The van der Waals surface area contributed by atoms with Crippen LogP contribution in [0, 0.1) is 25.5 Å². The first-order chi connectivity index (χ1) is 42.9. The molecule has 6 heterocycles. The van der Waals surface area contributed by atoms with Gasteiger partial charge in [0.05, 0.1) is 47.2 Å². The third-order valence-electron chi connectivity index (χ3n) is 13.5. The van der Waals surface area contributed by atoms with Crippen molar-refractivity contribution in [2.75, 3.05) is 36.0 Å². The Kier molecular flexibility index (Phi) is 28.6. The van der Waals surface area contributed by atoms with E-state index in [0.717, 1.165) is 86.1 Å². The van der Waals surface area contributed by atoms with Gasteiger partial charge in [0.15, 0.2) is 23.2 Å². The van der Waals surface area contributed by atoms with Crippen molar-refractivity contribution in [1.29, 1.82) is 0 Å². The molecule has 0 spiro atoms. The zero-order chi connectivity index (χ0) is 63.6. The molecule has 0 saturated carbocycles. The van der Waals surface area contributed by atoms with Gasteiger partial charge in [0, 0.05) is 41.5 Å². The first-order valence-corrected chi connectivity index (χ1v) is 29.5. The number of nitrogens with zero attached hydrogens (tertiary/aromatic N) is 12. The van der Waals surface area contributed by atoms with Crippen molar-refractivity contribution in [3.8, 4) is 0 Å². The molecule has 0 bridgehead atoms. The maximum absolute atomic E-state index is 10.0. The molecule has 0 amide bonds. The molecule has 92 heavy (non-hydrogen) atoms. The van der Waals surface area contributed by atoms with E-state index in [0.29, 0.717) is 24.4 Å². The first kappa shape index (κ1) is 73.8. The van der Waals surface area contributed by atoms with Crippen LogP contribution in [0.2, 0.25) is 0 Å². The van der Waals surface area contributed by atoms with Crippen LogP contribution in [-0.4, -0.2) is 64.6 Å². The van der Waals surface area contributed by atoms with E-state index in [1.165, 1.54) is 39.8 Å². The number of para-hydroxylation sites is 6. The molecule has 0 saturated heterocycles. The number of aromatic nitrogens is 6. The van der Waals surface area contributed by atoms with Crippen molar-refractivity contribution < 1.29 is 66.7 Å². The van der Waals surface area contributed by atoms with Crippen LogP contribution >= 0.6 is 0 Å². The van der Waals surface area contributed by atoms with Gasteiger partial charge >= 0.3 is 42.1 Å². The van der Waals surface area contributed by atoms with Gasteiger partial charge in [-0.15, -0.1) is 24.7 Å². The number of aliphatic hydroxyl groups is 2. The normalized spacial score (nSPS) is 13.5. The number of hydrogen-bond acceptors (Lipinski definition) is 17. The maximum Gasteiger partial charge on any atom is 2.00 e. The van der Waals surface area contributed by atoms with Crippen LogP contribution in [-0.2, 0) is 56.5 Å². The number of aliphatic hydroxyl groups excluding tert-OH is 2. The molecule has 3 aliphatic heterocycles. The molecule has 17 nitrogen and oxygen atoms in total. The zero-order valence-electron chi connectivity index (χ0n) is 52.8. The molecule has 19 heteroatoms. The Morgan fingerprint density at radius 1 is 0.467 bits per heavy atom. The number of benzene rings is 6. The molecule has 1 unspecified atom stereocenters. The Bertz CT molecular complexity index is 3620. The molecule has 3 aliphatic rings. The molecule has 0 radical (unpaired) electrons.